The molecule has 2 rings (SSSR count). The average Bonchev–Trinajstić information content (AvgIpc) is 2.56. The maximum Gasteiger partial charge on any atom is 0.278 e. The first kappa shape index (κ1) is 9.49. The van der Waals surface area contributed by atoms with Crippen LogP contribution in [0.1, 0.15) is 5.69 Å². The van der Waals surface area contributed by atoms with Crippen LogP contribution in [0, 0.1) is 6.92 Å². The number of aryl methyl sites for hydroxylation is 1. The molecule has 2 aromatic rings. The van der Waals surface area contributed by atoms with Crippen molar-refractivity contribution in [1.29, 1.82) is 0 Å². The molecule has 4 heteroatoms. The van der Waals surface area contributed by atoms with Gasteiger partial charge in [-0.05, 0) is 31.2 Å². The number of ether oxygens (including phenoxy) is 1. The van der Waals surface area contributed by atoms with Gasteiger partial charge in [-0.3, -0.25) is 0 Å². The van der Waals surface area contributed by atoms with Gasteiger partial charge in [-0.2, -0.15) is 0 Å². The van der Waals surface area contributed by atoms with E-state index in [1.54, 1.807) is 12.1 Å². The van der Waals surface area contributed by atoms with E-state index >= 15 is 0 Å². The molecule has 0 unspecified atom stereocenters. The summed E-state index contributed by atoms with van der Waals surface area (Å²) >= 11 is 7.23. The molecule has 14 heavy (non-hydrogen) atoms. The molecule has 0 bridgehead atoms. The first-order valence-electron chi connectivity index (χ1n) is 4.09. The Morgan fingerprint density at radius 1 is 1.29 bits per heavy atom. The molecule has 2 nitrogen and oxygen atoms in total. The van der Waals surface area contributed by atoms with Crippen LogP contribution >= 0.6 is 22.9 Å². The number of benzene rings is 1. The first-order valence-corrected chi connectivity index (χ1v) is 5.35. The van der Waals surface area contributed by atoms with Crippen LogP contribution in [-0.2, 0) is 0 Å². The smallest absolute Gasteiger partial charge is 0.278 e. The Kier molecular flexibility index (Phi) is 2.70. The minimum absolute atomic E-state index is 0.657. The maximum absolute atomic E-state index is 5.75. The molecule has 0 saturated carbocycles. The van der Waals surface area contributed by atoms with Crippen LogP contribution in [0.4, 0.5) is 0 Å². The summed E-state index contributed by atoms with van der Waals surface area (Å²) < 4.78 is 5.50. The highest BCUT2D eigenvalue weighted by atomic mass is 35.5. The van der Waals surface area contributed by atoms with E-state index < -0.39 is 0 Å². The largest absolute Gasteiger partial charge is 0.431 e. The Morgan fingerprint density at radius 3 is 2.57 bits per heavy atom. The van der Waals surface area contributed by atoms with E-state index in [1.807, 2.05) is 24.4 Å². The van der Waals surface area contributed by atoms with Crippen LogP contribution in [0.15, 0.2) is 29.6 Å². The van der Waals surface area contributed by atoms with E-state index in [0.29, 0.717) is 10.2 Å². The minimum Gasteiger partial charge on any atom is -0.431 e. The second-order valence-electron chi connectivity index (χ2n) is 2.81. The topological polar surface area (TPSA) is 22.1 Å². The molecule has 0 atom stereocenters. The molecule has 0 aliphatic carbocycles. The van der Waals surface area contributed by atoms with Gasteiger partial charge in [0.2, 0.25) is 0 Å². The van der Waals surface area contributed by atoms with Crippen molar-refractivity contribution in [2.45, 2.75) is 6.92 Å². The monoisotopic (exact) mass is 225 g/mol. The molecule has 1 aromatic heterocycles. The van der Waals surface area contributed by atoms with Crippen molar-refractivity contribution in [3.63, 3.8) is 0 Å². The molecule has 72 valence electrons. The zero-order valence-corrected chi connectivity index (χ0v) is 9.10. The lowest BCUT2D eigenvalue weighted by molar-refractivity contribution is 0.478. The van der Waals surface area contributed by atoms with Gasteiger partial charge in [0.05, 0.1) is 5.69 Å². The van der Waals surface area contributed by atoms with Gasteiger partial charge < -0.3 is 4.74 Å². The SMILES string of the molecule is Cc1csc(Oc2ccc(Cl)cc2)n1. The summed E-state index contributed by atoms with van der Waals surface area (Å²) in [6, 6.07) is 7.22. The van der Waals surface area contributed by atoms with Crippen molar-refractivity contribution in [2.75, 3.05) is 0 Å². The Hall–Kier alpha value is -1.06. The number of rotatable bonds is 2. The molecule has 0 amide bonds. The van der Waals surface area contributed by atoms with E-state index in [-0.39, 0.29) is 0 Å². The first-order chi connectivity index (χ1) is 6.74. The standard InChI is InChI=1S/C10H8ClNOS/c1-7-6-14-10(12-7)13-9-4-2-8(11)3-5-9/h2-6H,1H3. The lowest BCUT2D eigenvalue weighted by Gasteiger charge is -2.00. The fourth-order valence-electron chi connectivity index (χ4n) is 0.983. The van der Waals surface area contributed by atoms with Gasteiger partial charge in [-0.1, -0.05) is 22.9 Å². The average molecular weight is 226 g/mol. The number of hydrogen-bond acceptors (Lipinski definition) is 3. The number of halogens is 1. The van der Waals surface area contributed by atoms with E-state index in [1.165, 1.54) is 11.3 Å². The zero-order valence-electron chi connectivity index (χ0n) is 7.53. The predicted octanol–water partition coefficient (Wildman–Crippen LogP) is 3.90. The highest BCUT2D eigenvalue weighted by molar-refractivity contribution is 7.11. The molecule has 0 saturated heterocycles. The molecule has 0 aliphatic heterocycles. The van der Waals surface area contributed by atoms with E-state index in [9.17, 15) is 0 Å². The van der Waals surface area contributed by atoms with Crippen molar-refractivity contribution >= 4 is 22.9 Å². The second-order valence-corrected chi connectivity index (χ2v) is 4.07. The fraction of sp³-hybridized carbons (Fsp3) is 0.100. The highest BCUT2D eigenvalue weighted by Gasteiger charge is 2.00. The Bertz CT molecular complexity index is 424. The number of nitrogens with zero attached hydrogens (tertiary/aromatic N) is 1. The predicted molar refractivity (Wildman–Crippen MR) is 58.4 cm³/mol. The number of aromatic nitrogens is 1. The van der Waals surface area contributed by atoms with Gasteiger partial charge in [0.25, 0.3) is 5.19 Å². The summed E-state index contributed by atoms with van der Waals surface area (Å²) in [6.45, 7) is 1.94. The molecule has 1 aromatic carbocycles. The van der Waals surface area contributed by atoms with Gasteiger partial charge in [0.15, 0.2) is 0 Å². The van der Waals surface area contributed by atoms with Gasteiger partial charge in [-0.15, -0.1) is 0 Å². The fourth-order valence-corrected chi connectivity index (χ4v) is 1.77. The van der Waals surface area contributed by atoms with Crippen LogP contribution < -0.4 is 4.74 Å². The van der Waals surface area contributed by atoms with Crippen LogP contribution in [0.2, 0.25) is 5.02 Å². The lowest BCUT2D eigenvalue weighted by Crippen LogP contribution is -1.82. The maximum atomic E-state index is 5.75. The van der Waals surface area contributed by atoms with Crippen molar-refractivity contribution < 1.29 is 4.74 Å². The number of thiazole rings is 1. The Morgan fingerprint density at radius 2 is 2.00 bits per heavy atom. The molecular weight excluding hydrogens is 218 g/mol. The van der Waals surface area contributed by atoms with Gasteiger partial charge >= 0.3 is 0 Å². The summed E-state index contributed by atoms with van der Waals surface area (Å²) in [5, 5.41) is 3.31. The van der Waals surface area contributed by atoms with Crippen molar-refractivity contribution in [2.24, 2.45) is 0 Å². The Labute approximate surface area is 91.1 Å². The van der Waals surface area contributed by atoms with Gasteiger partial charge in [0.1, 0.15) is 5.75 Å². The quantitative estimate of drug-likeness (QED) is 0.774. The van der Waals surface area contributed by atoms with Crippen LogP contribution in [0.25, 0.3) is 0 Å². The molecular formula is C10H8ClNOS. The van der Waals surface area contributed by atoms with Gasteiger partial charge in [0, 0.05) is 10.4 Å². The van der Waals surface area contributed by atoms with E-state index in [0.717, 1.165) is 11.4 Å². The van der Waals surface area contributed by atoms with Crippen LogP contribution in [0.5, 0.6) is 10.9 Å². The van der Waals surface area contributed by atoms with Crippen molar-refractivity contribution in [3.8, 4) is 10.9 Å². The molecule has 0 spiro atoms. The van der Waals surface area contributed by atoms with Crippen molar-refractivity contribution in [3.05, 3.63) is 40.4 Å². The van der Waals surface area contributed by atoms with Crippen molar-refractivity contribution in [1.82, 2.24) is 4.98 Å². The summed E-state index contributed by atoms with van der Waals surface area (Å²) in [7, 11) is 0. The van der Waals surface area contributed by atoms with E-state index in [2.05, 4.69) is 4.98 Å². The highest BCUT2D eigenvalue weighted by Crippen LogP contribution is 2.25. The number of hydrogen-bond donors (Lipinski definition) is 0. The molecule has 0 fully saturated rings. The van der Waals surface area contributed by atoms with E-state index in [4.69, 9.17) is 16.3 Å². The zero-order chi connectivity index (χ0) is 9.97. The summed E-state index contributed by atoms with van der Waals surface area (Å²) in [5.41, 5.74) is 0.971. The van der Waals surface area contributed by atoms with Crippen LogP contribution in [-0.4, -0.2) is 4.98 Å². The van der Waals surface area contributed by atoms with Gasteiger partial charge in [-0.25, -0.2) is 4.98 Å². The summed E-state index contributed by atoms with van der Waals surface area (Å²) in [5.74, 6) is 0.753. The summed E-state index contributed by atoms with van der Waals surface area (Å²) in [6.07, 6.45) is 0. The Balaban J connectivity index is 2.15. The molecule has 0 N–H and O–H groups in total. The molecule has 0 aliphatic rings. The third-order valence-corrected chi connectivity index (χ3v) is 2.70. The lowest BCUT2D eigenvalue weighted by atomic mass is 10.3. The van der Waals surface area contributed by atoms with Crippen LogP contribution in [0.3, 0.4) is 0 Å². The molecule has 1 heterocycles. The normalized spacial score (nSPS) is 10.1. The summed E-state index contributed by atoms with van der Waals surface area (Å²) in [4.78, 5) is 4.19. The second kappa shape index (κ2) is 3.98. The third kappa shape index (κ3) is 2.25. The molecule has 0 radical (unpaired) electrons. The third-order valence-electron chi connectivity index (χ3n) is 1.62. The minimum atomic E-state index is 0.657.